The molecule has 0 radical (unpaired) electrons. The van der Waals surface area contributed by atoms with Gasteiger partial charge in [-0.3, -0.25) is 4.79 Å². The molecule has 0 rings (SSSR count). The molecule has 1 atom stereocenters. The van der Waals surface area contributed by atoms with Crippen molar-refractivity contribution >= 4 is 17.6 Å². The van der Waals surface area contributed by atoms with E-state index in [9.17, 15) is 4.79 Å². The molecule has 0 aromatic heterocycles. The molecule has 0 amide bonds. The smallest absolute Gasteiger partial charge is 0.324 e. The number of rotatable bonds is 10. The summed E-state index contributed by atoms with van der Waals surface area (Å²) in [7, 11) is 0. The maximum absolute atomic E-state index is 11.5. The van der Waals surface area contributed by atoms with Gasteiger partial charge in [0.25, 0.3) is 0 Å². The van der Waals surface area contributed by atoms with Gasteiger partial charge in [0.1, 0.15) is 5.38 Å². The molecule has 3 heteroatoms. The summed E-state index contributed by atoms with van der Waals surface area (Å²) in [6.07, 6.45) is 8.04. The largest absolute Gasteiger partial charge is 0.464 e. The lowest BCUT2D eigenvalue weighted by molar-refractivity contribution is -0.144. The number of alkyl halides is 1. The molecular formula is C14H27ClO2. The monoisotopic (exact) mass is 262 g/mol. The average Bonchev–Trinajstić information content (AvgIpc) is 2.30. The van der Waals surface area contributed by atoms with Crippen LogP contribution in [0.4, 0.5) is 0 Å². The summed E-state index contributed by atoms with van der Waals surface area (Å²) in [6, 6.07) is 0. The Hall–Kier alpha value is -0.240. The van der Waals surface area contributed by atoms with E-state index in [-0.39, 0.29) is 5.97 Å². The molecule has 1 unspecified atom stereocenters. The normalized spacial score (nSPS) is 12.8. The minimum atomic E-state index is -0.458. The molecule has 0 aliphatic carbocycles. The summed E-state index contributed by atoms with van der Waals surface area (Å²) in [4.78, 5) is 11.5. The quantitative estimate of drug-likeness (QED) is 0.328. The molecule has 0 saturated carbocycles. The number of esters is 1. The van der Waals surface area contributed by atoms with E-state index < -0.39 is 5.38 Å². The molecular weight excluding hydrogens is 236 g/mol. The summed E-state index contributed by atoms with van der Waals surface area (Å²) in [5, 5.41) is -0.458. The Balaban J connectivity index is 3.44. The molecule has 0 N–H and O–H groups in total. The molecule has 0 aliphatic heterocycles. The number of carbonyl (C=O) groups is 1. The highest BCUT2D eigenvalue weighted by Gasteiger charge is 2.16. The lowest BCUT2D eigenvalue weighted by atomic mass is 10.1. The first kappa shape index (κ1) is 16.8. The minimum absolute atomic E-state index is 0.256. The van der Waals surface area contributed by atoms with Crippen LogP contribution in [0.1, 0.15) is 65.7 Å². The van der Waals surface area contributed by atoms with E-state index in [0.717, 1.165) is 12.8 Å². The van der Waals surface area contributed by atoms with E-state index in [0.29, 0.717) is 12.5 Å². The van der Waals surface area contributed by atoms with Crippen LogP contribution in [-0.4, -0.2) is 18.0 Å². The zero-order valence-corrected chi connectivity index (χ0v) is 12.3. The van der Waals surface area contributed by atoms with Crippen molar-refractivity contribution in [1.29, 1.82) is 0 Å². The standard InChI is InChI=1S/C14H27ClO2/c1-4-5-6-7-8-9-10-13(15)14(16)17-11-12(2)3/h12-13H,4-11H2,1-3H3. The van der Waals surface area contributed by atoms with Crippen LogP contribution in [0.2, 0.25) is 0 Å². The predicted molar refractivity (Wildman–Crippen MR) is 73.4 cm³/mol. The maximum Gasteiger partial charge on any atom is 0.324 e. The zero-order valence-electron chi connectivity index (χ0n) is 11.5. The van der Waals surface area contributed by atoms with E-state index in [2.05, 4.69) is 6.92 Å². The van der Waals surface area contributed by atoms with Crippen LogP contribution in [0, 0.1) is 5.92 Å². The fraction of sp³-hybridized carbons (Fsp3) is 0.929. The zero-order chi connectivity index (χ0) is 13.1. The molecule has 0 aromatic rings. The van der Waals surface area contributed by atoms with Gasteiger partial charge < -0.3 is 4.74 Å². The Labute approximate surface area is 111 Å². The van der Waals surface area contributed by atoms with Crippen molar-refractivity contribution in [2.45, 2.75) is 71.1 Å². The molecule has 0 aromatic carbocycles. The molecule has 0 saturated heterocycles. The maximum atomic E-state index is 11.5. The molecule has 0 aliphatic rings. The first-order chi connectivity index (χ1) is 8.07. The van der Waals surface area contributed by atoms with Gasteiger partial charge in [0.05, 0.1) is 6.61 Å². The van der Waals surface area contributed by atoms with Crippen molar-refractivity contribution in [2.75, 3.05) is 6.61 Å². The number of halogens is 1. The summed E-state index contributed by atoms with van der Waals surface area (Å²) < 4.78 is 5.09. The van der Waals surface area contributed by atoms with Crippen LogP contribution >= 0.6 is 11.6 Å². The van der Waals surface area contributed by atoms with Crippen LogP contribution in [0.3, 0.4) is 0 Å². The first-order valence-corrected chi connectivity index (χ1v) is 7.32. The average molecular weight is 263 g/mol. The summed E-state index contributed by atoms with van der Waals surface area (Å²) in [5.41, 5.74) is 0. The highest BCUT2D eigenvalue weighted by molar-refractivity contribution is 6.29. The molecule has 0 spiro atoms. The number of unbranched alkanes of at least 4 members (excludes halogenated alkanes) is 5. The Kier molecular flexibility index (Phi) is 10.7. The third-order valence-electron chi connectivity index (χ3n) is 2.63. The number of hydrogen-bond acceptors (Lipinski definition) is 2. The molecule has 0 bridgehead atoms. The summed E-state index contributed by atoms with van der Waals surface area (Å²) in [5.74, 6) is 0.116. The van der Waals surface area contributed by atoms with Gasteiger partial charge in [-0.05, 0) is 12.3 Å². The van der Waals surface area contributed by atoms with E-state index in [1.807, 2.05) is 13.8 Å². The number of hydrogen-bond donors (Lipinski definition) is 0. The molecule has 2 nitrogen and oxygen atoms in total. The Morgan fingerprint density at radius 1 is 1.12 bits per heavy atom. The summed E-state index contributed by atoms with van der Waals surface area (Å²) >= 11 is 5.98. The highest BCUT2D eigenvalue weighted by Crippen LogP contribution is 2.13. The second-order valence-corrected chi connectivity index (χ2v) is 5.57. The van der Waals surface area contributed by atoms with Crippen molar-refractivity contribution < 1.29 is 9.53 Å². The Morgan fingerprint density at radius 2 is 1.71 bits per heavy atom. The van der Waals surface area contributed by atoms with Crippen LogP contribution < -0.4 is 0 Å². The van der Waals surface area contributed by atoms with Gasteiger partial charge in [-0.25, -0.2) is 0 Å². The third-order valence-corrected chi connectivity index (χ3v) is 3.02. The van der Waals surface area contributed by atoms with Gasteiger partial charge >= 0.3 is 5.97 Å². The predicted octanol–water partition coefficient (Wildman–Crippen LogP) is 4.54. The fourth-order valence-corrected chi connectivity index (χ4v) is 1.78. The molecule has 102 valence electrons. The molecule has 17 heavy (non-hydrogen) atoms. The van der Waals surface area contributed by atoms with E-state index in [1.54, 1.807) is 0 Å². The molecule has 0 heterocycles. The minimum Gasteiger partial charge on any atom is -0.464 e. The number of carbonyl (C=O) groups excluding carboxylic acids is 1. The van der Waals surface area contributed by atoms with Gasteiger partial charge in [0.2, 0.25) is 0 Å². The van der Waals surface area contributed by atoms with Crippen molar-refractivity contribution in [1.82, 2.24) is 0 Å². The van der Waals surface area contributed by atoms with Gasteiger partial charge in [0, 0.05) is 0 Å². The van der Waals surface area contributed by atoms with Gasteiger partial charge in [-0.15, -0.1) is 11.6 Å². The molecule has 0 fully saturated rings. The van der Waals surface area contributed by atoms with Crippen LogP contribution in [-0.2, 0) is 9.53 Å². The fourth-order valence-electron chi connectivity index (χ4n) is 1.56. The van der Waals surface area contributed by atoms with Crippen molar-refractivity contribution in [3.63, 3.8) is 0 Å². The lowest BCUT2D eigenvalue weighted by Crippen LogP contribution is -2.20. The van der Waals surface area contributed by atoms with Crippen LogP contribution in [0.25, 0.3) is 0 Å². The Morgan fingerprint density at radius 3 is 2.29 bits per heavy atom. The second-order valence-electron chi connectivity index (χ2n) is 5.05. The second kappa shape index (κ2) is 10.9. The van der Waals surface area contributed by atoms with E-state index >= 15 is 0 Å². The number of ether oxygens (including phenoxy) is 1. The summed E-state index contributed by atoms with van der Waals surface area (Å²) in [6.45, 7) is 6.71. The SMILES string of the molecule is CCCCCCCCC(Cl)C(=O)OCC(C)C. The van der Waals surface area contributed by atoms with Gasteiger partial charge in [-0.2, -0.15) is 0 Å². The van der Waals surface area contributed by atoms with Gasteiger partial charge in [0.15, 0.2) is 0 Å². The highest BCUT2D eigenvalue weighted by atomic mass is 35.5. The van der Waals surface area contributed by atoms with Gasteiger partial charge in [-0.1, -0.05) is 59.3 Å². The first-order valence-electron chi connectivity index (χ1n) is 6.88. The van der Waals surface area contributed by atoms with Crippen molar-refractivity contribution in [3.8, 4) is 0 Å². The van der Waals surface area contributed by atoms with Crippen molar-refractivity contribution in [3.05, 3.63) is 0 Å². The van der Waals surface area contributed by atoms with Crippen LogP contribution in [0.15, 0.2) is 0 Å². The lowest BCUT2D eigenvalue weighted by Gasteiger charge is -2.11. The van der Waals surface area contributed by atoms with E-state index in [4.69, 9.17) is 16.3 Å². The third kappa shape index (κ3) is 10.6. The van der Waals surface area contributed by atoms with Crippen LogP contribution in [0.5, 0.6) is 0 Å². The topological polar surface area (TPSA) is 26.3 Å². The van der Waals surface area contributed by atoms with E-state index in [1.165, 1.54) is 32.1 Å². The van der Waals surface area contributed by atoms with Crippen molar-refractivity contribution in [2.24, 2.45) is 5.92 Å². The Bertz CT molecular complexity index is 193.